The number of ether oxygens (including phenoxy) is 1. The molecule has 0 radical (unpaired) electrons. The summed E-state index contributed by atoms with van der Waals surface area (Å²) in [4.78, 5) is 17.2. The van der Waals surface area contributed by atoms with Crippen molar-refractivity contribution in [1.82, 2.24) is 14.8 Å². The van der Waals surface area contributed by atoms with E-state index in [2.05, 4.69) is 21.5 Å². The standard InChI is InChI=1S/C20H24N4O2S/c1-11-8-18(26-6)12(2)7-16(11)17-10-27-20(21-17)22-19(25)15(5)24-14(4)9-13(3)23-24/h7-10,15H,1-6H3,(H,21,22,25). The number of nitrogens with zero attached hydrogens (tertiary/aromatic N) is 3. The van der Waals surface area contributed by atoms with Crippen LogP contribution in [0.5, 0.6) is 5.75 Å². The molecular weight excluding hydrogens is 360 g/mol. The molecule has 1 atom stereocenters. The van der Waals surface area contributed by atoms with E-state index in [0.717, 1.165) is 39.5 Å². The fourth-order valence-corrected chi connectivity index (χ4v) is 3.81. The molecule has 0 aliphatic heterocycles. The highest BCUT2D eigenvalue weighted by Gasteiger charge is 2.19. The largest absolute Gasteiger partial charge is 0.496 e. The number of methoxy groups -OCH3 is 1. The van der Waals surface area contributed by atoms with E-state index in [9.17, 15) is 4.79 Å². The summed E-state index contributed by atoms with van der Waals surface area (Å²) in [6.45, 7) is 9.73. The van der Waals surface area contributed by atoms with Crippen LogP contribution < -0.4 is 10.1 Å². The Balaban J connectivity index is 1.79. The first kappa shape index (κ1) is 19.1. The summed E-state index contributed by atoms with van der Waals surface area (Å²) in [5, 5.41) is 9.83. The minimum Gasteiger partial charge on any atom is -0.496 e. The van der Waals surface area contributed by atoms with Crippen molar-refractivity contribution in [3.8, 4) is 17.0 Å². The number of nitrogens with one attached hydrogen (secondary N) is 1. The first-order valence-corrected chi connectivity index (χ1v) is 9.63. The van der Waals surface area contributed by atoms with Gasteiger partial charge < -0.3 is 10.1 Å². The van der Waals surface area contributed by atoms with Crippen molar-refractivity contribution in [1.29, 1.82) is 0 Å². The Hall–Kier alpha value is -2.67. The third-order valence-corrected chi connectivity index (χ3v) is 5.30. The summed E-state index contributed by atoms with van der Waals surface area (Å²) >= 11 is 1.42. The van der Waals surface area contributed by atoms with E-state index >= 15 is 0 Å². The molecule has 2 heterocycles. The van der Waals surface area contributed by atoms with Crippen LogP contribution in [0.2, 0.25) is 0 Å². The van der Waals surface area contributed by atoms with Crippen LogP contribution in [0.15, 0.2) is 23.6 Å². The maximum absolute atomic E-state index is 12.6. The molecule has 0 bridgehead atoms. The first-order valence-electron chi connectivity index (χ1n) is 8.75. The molecule has 6 nitrogen and oxygen atoms in total. The monoisotopic (exact) mass is 384 g/mol. The molecule has 0 spiro atoms. The first-order chi connectivity index (χ1) is 12.8. The predicted molar refractivity (Wildman–Crippen MR) is 109 cm³/mol. The molecule has 3 rings (SSSR count). The SMILES string of the molecule is COc1cc(C)c(-c2csc(NC(=O)C(C)n3nc(C)cc3C)n2)cc1C. The molecule has 1 N–H and O–H groups in total. The summed E-state index contributed by atoms with van der Waals surface area (Å²) in [7, 11) is 1.67. The highest BCUT2D eigenvalue weighted by molar-refractivity contribution is 7.14. The second-order valence-corrected chi connectivity index (χ2v) is 7.57. The number of benzene rings is 1. The average Bonchev–Trinajstić information content (AvgIpc) is 3.21. The third-order valence-electron chi connectivity index (χ3n) is 4.54. The number of thiazole rings is 1. The van der Waals surface area contributed by atoms with Crippen LogP contribution in [0.3, 0.4) is 0 Å². The Labute approximate surface area is 163 Å². The molecule has 1 amide bonds. The van der Waals surface area contributed by atoms with E-state index in [1.165, 1.54) is 11.3 Å². The van der Waals surface area contributed by atoms with Crippen molar-refractivity contribution >= 4 is 22.4 Å². The van der Waals surface area contributed by atoms with Crippen LogP contribution in [-0.4, -0.2) is 27.8 Å². The smallest absolute Gasteiger partial charge is 0.250 e. The van der Waals surface area contributed by atoms with Crippen molar-refractivity contribution in [2.45, 2.75) is 40.7 Å². The molecule has 7 heteroatoms. The summed E-state index contributed by atoms with van der Waals surface area (Å²) in [6, 6.07) is 5.62. The number of anilines is 1. The van der Waals surface area contributed by atoms with Crippen LogP contribution in [0, 0.1) is 27.7 Å². The molecule has 3 aromatic rings. The van der Waals surface area contributed by atoms with Gasteiger partial charge in [0.05, 0.1) is 18.5 Å². The van der Waals surface area contributed by atoms with Crippen molar-refractivity contribution in [3.05, 3.63) is 46.1 Å². The van der Waals surface area contributed by atoms with E-state index in [0.29, 0.717) is 5.13 Å². The van der Waals surface area contributed by atoms with Gasteiger partial charge in [-0.2, -0.15) is 5.10 Å². The normalized spacial score (nSPS) is 12.1. The topological polar surface area (TPSA) is 69.0 Å². The van der Waals surface area contributed by atoms with E-state index in [1.54, 1.807) is 11.8 Å². The lowest BCUT2D eigenvalue weighted by Crippen LogP contribution is -2.25. The maximum atomic E-state index is 12.6. The second kappa shape index (κ2) is 7.52. The molecule has 2 aromatic heterocycles. The number of rotatable bonds is 5. The summed E-state index contributed by atoms with van der Waals surface area (Å²) < 4.78 is 7.10. The molecule has 27 heavy (non-hydrogen) atoms. The Morgan fingerprint density at radius 2 is 1.93 bits per heavy atom. The minimum absolute atomic E-state index is 0.135. The molecule has 1 unspecified atom stereocenters. The predicted octanol–water partition coefficient (Wildman–Crippen LogP) is 4.45. The third kappa shape index (κ3) is 3.88. The van der Waals surface area contributed by atoms with Crippen molar-refractivity contribution in [2.24, 2.45) is 0 Å². The number of aromatic nitrogens is 3. The fraction of sp³-hybridized carbons (Fsp3) is 0.350. The zero-order valence-electron chi connectivity index (χ0n) is 16.5. The molecule has 142 valence electrons. The number of hydrogen-bond acceptors (Lipinski definition) is 5. The van der Waals surface area contributed by atoms with Crippen LogP contribution in [0.4, 0.5) is 5.13 Å². The summed E-state index contributed by atoms with van der Waals surface area (Å²) in [5.41, 5.74) is 5.87. The molecule has 0 saturated heterocycles. The van der Waals surface area contributed by atoms with Crippen LogP contribution in [0.1, 0.15) is 35.5 Å². The summed E-state index contributed by atoms with van der Waals surface area (Å²) in [6.07, 6.45) is 0. The van der Waals surface area contributed by atoms with Gasteiger partial charge in [0, 0.05) is 16.6 Å². The molecule has 0 aliphatic carbocycles. The van der Waals surface area contributed by atoms with E-state index in [-0.39, 0.29) is 5.91 Å². The van der Waals surface area contributed by atoms with Crippen molar-refractivity contribution in [2.75, 3.05) is 12.4 Å². The quantitative estimate of drug-likeness (QED) is 0.706. The van der Waals surface area contributed by atoms with Gasteiger partial charge >= 0.3 is 0 Å². The molecule has 0 saturated carbocycles. The van der Waals surface area contributed by atoms with Crippen LogP contribution >= 0.6 is 11.3 Å². The molecular formula is C20H24N4O2S. The van der Waals surface area contributed by atoms with Gasteiger partial charge in [-0.05, 0) is 63.9 Å². The van der Waals surface area contributed by atoms with E-state index in [1.807, 2.05) is 52.1 Å². The second-order valence-electron chi connectivity index (χ2n) is 6.71. The van der Waals surface area contributed by atoms with Crippen molar-refractivity contribution in [3.63, 3.8) is 0 Å². The zero-order chi connectivity index (χ0) is 19.7. The van der Waals surface area contributed by atoms with Crippen LogP contribution in [0.25, 0.3) is 11.3 Å². The highest BCUT2D eigenvalue weighted by atomic mass is 32.1. The number of hydrogen-bond donors (Lipinski definition) is 1. The van der Waals surface area contributed by atoms with Gasteiger partial charge in [0.1, 0.15) is 11.8 Å². The fourth-order valence-electron chi connectivity index (χ4n) is 3.10. The van der Waals surface area contributed by atoms with E-state index < -0.39 is 6.04 Å². The Kier molecular flexibility index (Phi) is 5.32. The maximum Gasteiger partial charge on any atom is 0.250 e. The number of amides is 1. The molecule has 1 aromatic carbocycles. The summed E-state index contributed by atoms with van der Waals surface area (Å²) in [5.74, 6) is 0.725. The van der Waals surface area contributed by atoms with Crippen molar-refractivity contribution < 1.29 is 9.53 Å². The van der Waals surface area contributed by atoms with Gasteiger partial charge in [-0.1, -0.05) is 0 Å². The minimum atomic E-state index is -0.406. The highest BCUT2D eigenvalue weighted by Crippen LogP contribution is 2.32. The van der Waals surface area contributed by atoms with Gasteiger partial charge in [-0.3, -0.25) is 9.48 Å². The van der Waals surface area contributed by atoms with E-state index in [4.69, 9.17) is 4.74 Å². The zero-order valence-corrected chi connectivity index (χ0v) is 17.3. The Morgan fingerprint density at radius 1 is 1.19 bits per heavy atom. The number of carbonyl (C=O) groups excluding carboxylic acids is 1. The lowest BCUT2D eigenvalue weighted by molar-refractivity contribution is -0.119. The number of aryl methyl sites for hydroxylation is 4. The Morgan fingerprint density at radius 3 is 2.56 bits per heavy atom. The average molecular weight is 385 g/mol. The Bertz CT molecular complexity index is 990. The molecule has 0 aliphatic rings. The molecule has 0 fully saturated rings. The number of carbonyl (C=O) groups is 1. The lowest BCUT2D eigenvalue weighted by atomic mass is 10.0. The van der Waals surface area contributed by atoms with Gasteiger partial charge in [0.25, 0.3) is 5.91 Å². The van der Waals surface area contributed by atoms with Gasteiger partial charge in [0.2, 0.25) is 0 Å². The van der Waals surface area contributed by atoms with Crippen LogP contribution in [-0.2, 0) is 4.79 Å². The van der Waals surface area contributed by atoms with Gasteiger partial charge in [-0.25, -0.2) is 4.98 Å². The van der Waals surface area contributed by atoms with Gasteiger partial charge in [0.15, 0.2) is 5.13 Å². The van der Waals surface area contributed by atoms with Gasteiger partial charge in [-0.15, -0.1) is 11.3 Å². The lowest BCUT2D eigenvalue weighted by Gasteiger charge is -2.13.